The first kappa shape index (κ1) is 11.4. The van der Waals surface area contributed by atoms with Crippen molar-refractivity contribution in [3.8, 4) is 0 Å². The Kier molecular flexibility index (Phi) is 3.69. The third kappa shape index (κ3) is 2.80. The van der Waals surface area contributed by atoms with E-state index >= 15 is 0 Å². The van der Waals surface area contributed by atoms with Crippen LogP contribution in [0.15, 0.2) is 10.7 Å². The van der Waals surface area contributed by atoms with E-state index in [2.05, 4.69) is 0 Å². The summed E-state index contributed by atoms with van der Waals surface area (Å²) in [4.78, 5) is 0. The van der Waals surface area contributed by atoms with Crippen molar-refractivity contribution in [2.24, 2.45) is 0 Å². The summed E-state index contributed by atoms with van der Waals surface area (Å²) in [6.45, 7) is 2.86. The summed E-state index contributed by atoms with van der Waals surface area (Å²) in [7, 11) is -4.58. The molecule has 0 aromatic rings. The smallest absolute Gasteiger partial charge is 0.327 e. The van der Waals surface area contributed by atoms with Crippen molar-refractivity contribution < 1.29 is 23.2 Å². The molecule has 0 aromatic carbocycles. The van der Waals surface area contributed by atoms with Crippen molar-refractivity contribution in [3.63, 3.8) is 0 Å². The Morgan fingerprint density at radius 2 is 1.92 bits per heavy atom. The van der Waals surface area contributed by atoms with Crippen LogP contribution in [0.2, 0.25) is 0 Å². The van der Waals surface area contributed by atoms with Crippen LogP contribution in [0.3, 0.4) is 0 Å². The highest BCUT2D eigenvalue weighted by Crippen LogP contribution is 2.14. The molecule has 0 saturated carbocycles. The number of aliphatic hydroxyl groups excluding tert-OH is 2. The minimum absolute atomic E-state index is 0.0995. The predicted octanol–water partition coefficient (Wildman–Crippen LogP) is 0.435. The highest BCUT2D eigenvalue weighted by molar-refractivity contribution is 7.89. The Bertz CT molecular complexity index is 274. The van der Waals surface area contributed by atoms with E-state index in [1.165, 1.54) is 6.92 Å². The van der Waals surface area contributed by atoms with Gasteiger partial charge in [0.05, 0.1) is 6.10 Å². The Labute approximate surface area is 71.1 Å². The van der Waals surface area contributed by atoms with Crippen LogP contribution in [0, 0.1) is 0 Å². The minimum Gasteiger partial charge on any atom is -0.497 e. The summed E-state index contributed by atoms with van der Waals surface area (Å²) in [6.07, 6.45) is -0.930. The van der Waals surface area contributed by atoms with E-state index in [0.29, 0.717) is 0 Å². The van der Waals surface area contributed by atoms with Crippen molar-refractivity contribution in [2.45, 2.75) is 26.4 Å². The molecule has 1 unspecified atom stereocenters. The van der Waals surface area contributed by atoms with Crippen LogP contribution in [0.25, 0.3) is 0 Å². The standard InChI is InChI=1S/C6H12O5S/c1-3-5(4(2)7)6(8)12(9,10)11/h4,7-8H,3H2,1-2H3,(H,9,10,11). The molecule has 0 aliphatic heterocycles. The second-order valence-electron chi connectivity index (χ2n) is 2.33. The molecule has 0 saturated heterocycles. The summed E-state index contributed by atoms with van der Waals surface area (Å²) in [5.41, 5.74) is -0.0995. The molecule has 0 aromatic heterocycles. The maximum atomic E-state index is 10.4. The fraction of sp³-hybridized carbons (Fsp3) is 0.667. The molecule has 72 valence electrons. The van der Waals surface area contributed by atoms with E-state index in [-0.39, 0.29) is 12.0 Å². The number of hydrogen-bond acceptors (Lipinski definition) is 4. The van der Waals surface area contributed by atoms with Crippen LogP contribution in [0.5, 0.6) is 0 Å². The van der Waals surface area contributed by atoms with Gasteiger partial charge in [0.15, 0.2) is 0 Å². The molecule has 0 radical (unpaired) electrons. The second kappa shape index (κ2) is 3.88. The first-order valence-corrected chi connectivity index (χ1v) is 4.82. The van der Waals surface area contributed by atoms with Gasteiger partial charge in [0.1, 0.15) is 0 Å². The van der Waals surface area contributed by atoms with Crippen molar-refractivity contribution in [3.05, 3.63) is 10.7 Å². The zero-order valence-corrected chi connectivity index (χ0v) is 7.67. The molecule has 6 heteroatoms. The van der Waals surface area contributed by atoms with Crippen molar-refractivity contribution in [1.82, 2.24) is 0 Å². The molecule has 0 aliphatic rings. The monoisotopic (exact) mass is 196 g/mol. The average Bonchev–Trinajstić information content (AvgIpc) is 1.86. The van der Waals surface area contributed by atoms with E-state index in [0.717, 1.165) is 0 Å². The molecule has 0 spiro atoms. The van der Waals surface area contributed by atoms with Crippen LogP contribution in [-0.4, -0.2) is 29.3 Å². The third-order valence-corrected chi connectivity index (χ3v) is 2.16. The largest absolute Gasteiger partial charge is 0.497 e. The fourth-order valence-electron chi connectivity index (χ4n) is 0.791. The zero-order chi connectivity index (χ0) is 9.94. The molecule has 12 heavy (non-hydrogen) atoms. The summed E-state index contributed by atoms with van der Waals surface area (Å²) < 4.78 is 29.1. The first-order chi connectivity index (χ1) is 5.30. The maximum Gasteiger partial charge on any atom is 0.327 e. The van der Waals surface area contributed by atoms with Crippen molar-refractivity contribution in [1.29, 1.82) is 0 Å². The molecular weight excluding hydrogens is 184 g/mol. The highest BCUT2D eigenvalue weighted by atomic mass is 32.2. The van der Waals surface area contributed by atoms with Gasteiger partial charge in [-0.1, -0.05) is 6.92 Å². The molecule has 0 aliphatic carbocycles. The third-order valence-electron chi connectivity index (χ3n) is 1.40. The van der Waals surface area contributed by atoms with Gasteiger partial charge in [-0.2, -0.15) is 8.42 Å². The Morgan fingerprint density at radius 1 is 1.50 bits per heavy atom. The van der Waals surface area contributed by atoms with Gasteiger partial charge in [-0.3, -0.25) is 4.55 Å². The fourth-order valence-corrected chi connectivity index (χ4v) is 1.44. The molecule has 0 bridgehead atoms. The van der Waals surface area contributed by atoms with E-state index in [4.69, 9.17) is 14.8 Å². The van der Waals surface area contributed by atoms with E-state index in [1.54, 1.807) is 6.92 Å². The topological polar surface area (TPSA) is 94.8 Å². The normalized spacial score (nSPS) is 17.0. The molecule has 0 fully saturated rings. The number of aliphatic hydroxyl groups is 2. The minimum atomic E-state index is -4.58. The lowest BCUT2D eigenvalue weighted by atomic mass is 10.1. The lowest BCUT2D eigenvalue weighted by Gasteiger charge is -2.08. The zero-order valence-electron chi connectivity index (χ0n) is 6.85. The van der Waals surface area contributed by atoms with E-state index in [1.807, 2.05) is 0 Å². The first-order valence-electron chi connectivity index (χ1n) is 3.38. The lowest BCUT2D eigenvalue weighted by Crippen LogP contribution is -2.12. The predicted molar refractivity (Wildman–Crippen MR) is 43.2 cm³/mol. The summed E-state index contributed by atoms with van der Waals surface area (Å²) in [5.74, 6) is 0. The average molecular weight is 196 g/mol. The SMILES string of the molecule is CCC(=C(O)S(=O)(=O)O)C(C)O. The van der Waals surface area contributed by atoms with Crippen LogP contribution in [0.4, 0.5) is 0 Å². The van der Waals surface area contributed by atoms with Gasteiger partial charge in [-0.15, -0.1) is 0 Å². The molecule has 0 rings (SSSR count). The Hall–Kier alpha value is -0.590. The molecular formula is C6H12O5S. The van der Waals surface area contributed by atoms with Gasteiger partial charge in [0, 0.05) is 5.57 Å². The van der Waals surface area contributed by atoms with Gasteiger partial charge >= 0.3 is 10.1 Å². The van der Waals surface area contributed by atoms with Crippen LogP contribution >= 0.6 is 0 Å². The molecule has 0 amide bonds. The van der Waals surface area contributed by atoms with Gasteiger partial charge in [-0.05, 0) is 13.3 Å². The summed E-state index contributed by atoms with van der Waals surface area (Å²) in [5, 5.41) is 16.7. The summed E-state index contributed by atoms with van der Waals surface area (Å²) >= 11 is 0. The summed E-state index contributed by atoms with van der Waals surface area (Å²) in [6, 6.07) is 0. The Morgan fingerprint density at radius 3 is 2.00 bits per heavy atom. The van der Waals surface area contributed by atoms with Crippen molar-refractivity contribution in [2.75, 3.05) is 0 Å². The molecule has 1 atom stereocenters. The van der Waals surface area contributed by atoms with Gasteiger partial charge in [0.2, 0.25) is 5.09 Å². The lowest BCUT2D eigenvalue weighted by molar-refractivity contribution is 0.220. The molecule has 3 N–H and O–H groups in total. The van der Waals surface area contributed by atoms with Gasteiger partial charge in [0.25, 0.3) is 0 Å². The van der Waals surface area contributed by atoms with E-state index in [9.17, 15) is 8.42 Å². The van der Waals surface area contributed by atoms with Crippen molar-refractivity contribution >= 4 is 10.1 Å². The highest BCUT2D eigenvalue weighted by Gasteiger charge is 2.19. The quantitative estimate of drug-likeness (QED) is 0.449. The maximum absolute atomic E-state index is 10.4. The van der Waals surface area contributed by atoms with Crippen LogP contribution in [-0.2, 0) is 10.1 Å². The number of rotatable bonds is 3. The van der Waals surface area contributed by atoms with Gasteiger partial charge < -0.3 is 10.2 Å². The van der Waals surface area contributed by atoms with Crippen LogP contribution < -0.4 is 0 Å². The van der Waals surface area contributed by atoms with E-state index < -0.39 is 21.3 Å². The Balaban J connectivity index is 5.14. The van der Waals surface area contributed by atoms with Crippen LogP contribution in [0.1, 0.15) is 20.3 Å². The molecule has 5 nitrogen and oxygen atoms in total. The second-order valence-corrected chi connectivity index (χ2v) is 3.67. The van der Waals surface area contributed by atoms with Gasteiger partial charge in [-0.25, -0.2) is 0 Å². The number of hydrogen-bond donors (Lipinski definition) is 3. The molecule has 0 heterocycles.